The number of para-hydroxylation sites is 1. The molecule has 3 rings (SSSR count). The second-order valence-electron chi connectivity index (χ2n) is 8.71. The fraction of sp³-hybridized carbons (Fsp3) is 0.696. The molecule has 1 amide bonds. The Morgan fingerprint density at radius 2 is 1.83 bits per heavy atom. The maximum Gasteiger partial charge on any atom is 0.246 e. The van der Waals surface area contributed by atoms with Gasteiger partial charge in [-0.25, -0.2) is 4.39 Å². The van der Waals surface area contributed by atoms with Crippen LogP contribution < -0.4 is 10.2 Å². The van der Waals surface area contributed by atoms with Crippen LogP contribution in [-0.4, -0.2) is 62.3 Å². The van der Waals surface area contributed by atoms with E-state index in [-0.39, 0.29) is 24.4 Å². The van der Waals surface area contributed by atoms with Crippen LogP contribution >= 0.6 is 0 Å². The van der Waals surface area contributed by atoms with Crippen molar-refractivity contribution in [2.45, 2.75) is 58.1 Å². The van der Waals surface area contributed by atoms with E-state index < -0.39 is 0 Å². The molecule has 1 aliphatic heterocycles. The standard InChI is InChI=1S/C23H36FN3O2/c1-18(2)29-17-23(28)25-20-9-7-19(8-10-20)11-12-26-13-15-27(16-14-26)22-6-4-3-5-21(22)24/h3-6,18-20H,7-17H2,1-2H3,(H,25,28)/t19-,20-. The van der Waals surface area contributed by atoms with Gasteiger partial charge >= 0.3 is 0 Å². The van der Waals surface area contributed by atoms with E-state index in [0.717, 1.165) is 57.2 Å². The van der Waals surface area contributed by atoms with E-state index in [4.69, 9.17) is 4.74 Å². The van der Waals surface area contributed by atoms with E-state index in [1.165, 1.54) is 25.3 Å². The van der Waals surface area contributed by atoms with Crippen molar-refractivity contribution < 1.29 is 13.9 Å². The SMILES string of the molecule is CC(C)OCC(=O)N[C@H]1CC[C@H](CCN2CCN(c3ccccc3F)CC2)CC1. The Hall–Kier alpha value is -1.66. The molecule has 162 valence electrons. The first kappa shape index (κ1) is 22.0. The minimum Gasteiger partial charge on any atom is -0.369 e. The summed E-state index contributed by atoms with van der Waals surface area (Å²) in [5.41, 5.74) is 0.728. The molecule has 5 nitrogen and oxygen atoms in total. The predicted octanol–water partition coefficient (Wildman–Crippen LogP) is 3.44. The van der Waals surface area contributed by atoms with Crippen LogP contribution in [0.15, 0.2) is 24.3 Å². The number of benzene rings is 1. The van der Waals surface area contributed by atoms with Gasteiger partial charge in [-0.05, 0) is 70.5 Å². The van der Waals surface area contributed by atoms with E-state index in [2.05, 4.69) is 15.1 Å². The van der Waals surface area contributed by atoms with Gasteiger partial charge in [0.15, 0.2) is 0 Å². The Kier molecular flexibility index (Phi) is 8.30. The van der Waals surface area contributed by atoms with E-state index in [1.807, 2.05) is 26.0 Å². The molecular weight excluding hydrogens is 369 g/mol. The van der Waals surface area contributed by atoms with Crippen molar-refractivity contribution in [3.05, 3.63) is 30.1 Å². The number of piperazine rings is 1. The van der Waals surface area contributed by atoms with Gasteiger partial charge in [-0.3, -0.25) is 9.69 Å². The maximum absolute atomic E-state index is 14.0. The number of nitrogens with zero attached hydrogens (tertiary/aromatic N) is 2. The van der Waals surface area contributed by atoms with Gasteiger partial charge in [0.05, 0.1) is 11.8 Å². The molecule has 0 unspecified atom stereocenters. The van der Waals surface area contributed by atoms with Crippen LogP contribution in [0.4, 0.5) is 10.1 Å². The summed E-state index contributed by atoms with van der Waals surface area (Å²) in [5, 5.41) is 3.11. The Morgan fingerprint density at radius 3 is 2.48 bits per heavy atom. The van der Waals surface area contributed by atoms with Gasteiger partial charge in [-0.2, -0.15) is 0 Å². The molecule has 0 bridgehead atoms. The van der Waals surface area contributed by atoms with Gasteiger partial charge in [0.1, 0.15) is 12.4 Å². The molecule has 1 N–H and O–H groups in total. The lowest BCUT2D eigenvalue weighted by atomic mass is 9.84. The molecule has 29 heavy (non-hydrogen) atoms. The topological polar surface area (TPSA) is 44.8 Å². The highest BCUT2D eigenvalue weighted by Gasteiger charge is 2.24. The van der Waals surface area contributed by atoms with Crippen molar-refractivity contribution in [2.24, 2.45) is 5.92 Å². The van der Waals surface area contributed by atoms with Gasteiger partial charge in [-0.1, -0.05) is 12.1 Å². The highest BCUT2D eigenvalue weighted by atomic mass is 19.1. The van der Waals surface area contributed by atoms with Crippen LogP contribution in [0.5, 0.6) is 0 Å². The molecule has 2 aliphatic rings. The summed E-state index contributed by atoms with van der Waals surface area (Å²) in [6.07, 6.45) is 5.82. The van der Waals surface area contributed by atoms with Gasteiger partial charge in [0, 0.05) is 32.2 Å². The monoisotopic (exact) mass is 405 g/mol. The number of rotatable bonds is 8. The number of hydrogen-bond acceptors (Lipinski definition) is 4. The summed E-state index contributed by atoms with van der Waals surface area (Å²) in [4.78, 5) is 16.6. The third-order valence-electron chi connectivity index (χ3n) is 6.18. The Labute approximate surface area is 174 Å². The van der Waals surface area contributed by atoms with Crippen LogP contribution in [0.2, 0.25) is 0 Å². The molecule has 0 spiro atoms. The first-order valence-electron chi connectivity index (χ1n) is 11.1. The summed E-state index contributed by atoms with van der Waals surface area (Å²) in [6, 6.07) is 7.36. The zero-order valence-corrected chi connectivity index (χ0v) is 17.9. The Bertz CT molecular complexity index is 639. The van der Waals surface area contributed by atoms with Gasteiger partial charge in [0.2, 0.25) is 5.91 Å². The fourth-order valence-electron chi connectivity index (χ4n) is 4.39. The number of hydrogen-bond donors (Lipinski definition) is 1. The second-order valence-corrected chi connectivity index (χ2v) is 8.71. The number of carbonyl (C=O) groups excluding carboxylic acids is 1. The van der Waals surface area contributed by atoms with Crippen molar-refractivity contribution in [2.75, 3.05) is 44.2 Å². The molecule has 0 radical (unpaired) electrons. The van der Waals surface area contributed by atoms with Gasteiger partial charge in [0.25, 0.3) is 0 Å². The lowest BCUT2D eigenvalue weighted by Gasteiger charge is -2.37. The van der Waals surface area contributed by atoms with Crippen LogP contribution in [0.25, 0.3) is 0 Å². The third kappa shape index (κ3) is 6.96. The highest BCUT2D eigenvalue weighted by molar-refractivity contribution is 5.77. The molecule has 6 heteroatoms. The summed E-state index contributed by atoms with van der Waals surface area (Å²) >= 11 is 0. The molecule has 1 saturated heterocycles. The molecule has 1 heterocycles. The van der Waals surface area contributed by atoms with E-state index >= 15 is 0 Å². The average Bonchev–Trinajstić information content (AvgIpc) is 2.73. The Balaban J connectivity index is 1.30. The zero-order chi connectivity index (χ0) is 20.6. The molecule has 1 aromatic rings. The summed E-state index contributed by atoms with van der Waals surface area (Å²) in [7, 11) is 0. The minimum atomic E-state index is -0.124. The van der Waals surface area contributed by atoms with Crippen LogP contribution in [0.1, 0.15) is 46.0 Å². The van der Waals surface area contributed by atoms with Crippen molar-refractivity contribution in [3.8, 4) is 0 Å². The first-order valence-corrected chi connectivity index (χ1v) is 11.1. The van der Waals surface area contributed by atoms with Crippen molar-refractivity contribution >= 4 is 11.6 Å². The molecule has 1 aromatic carbocycles. The van der Waals surface area contributed by atoms with E-state index in [1.54, 1.807) is 6.07 Å². The highest BCUT2D eigenvalue weighted by Crippen LogP contribution is 2.27. The molecule has 1 saturated carbocycles. The summed E-state index contributed by atoms with van der Waals surface area (Å²) < 4.78 is 19.3. The lowest BCUT2D eigenvalue weighted by molar-refractivity contribution is -0.128. The fourth-order valence-corrected chi connectivity index (χ4v) is 4.39. The van der Waals surface area contributed by atoms with Crippen molar-refractivity contribution in [1.29, 1.82) is 0 Å². The van der Waals surface area contributed by atoms with Crippen LogP contribution in [-0.2, 0) is 9.53 Å². The normalized spacial score (nSPS) is 23.4. The third-order valence-corrected chi connectivity index (χ3v) is 6.18. The summed E-state index contributed by atoms with van der Waals surface area (Å²) in [5.74, 6) is 0.634. The number of halogens is 1. The molecule has 2 fully saturated rings. The predicted molar refractivity (Wildman–Crippen MR) is 115 cm³/mol. The second kappa shape index (κ2) is 10.9. The molecule has 1 aliphatic carbocycles. The van der Waals surface area contributed by atoms with Crippen molar-refractivity contribution in [3.63, 3.8) is 0 Å². The summed E-state index contributed by atoms with van der Waals surface area (Å²) in [6.45, 7) is 8.93. The number of ether oxygens (including phenoxy) is 1. The lowest BCUT2D eigenvalue weighted by Crippen LogP contribution is -2.47. The first-order chi connectivity index (χ1) is 14.0. The largest absolute Gasteiger partial charge is 0.369 e. The molecule has 0 aromatic heterocycles. The maximum atomic E-state index is 14.0. The van der Waals surface area contributed by atoms with Gasteiger partial charge in [-0.15, -0.1) is 0 Å². The zero-order valence-electron chi connectivity index (χ0n) is 17.9. The molecule has 0 atom stereocenters. The number of carbonyl (C=O) groups is 1. The molecular formula is C23H36FN3O2. The minimum absolute atomic E-state index is 0.00914. The quantitative estimate of drug-likeness (QED) is 0.720. The van der Waals surface area contributed by atoms with Crippen molar-refractivity contribution in [1.82, 2.24) is 10.2 Å². The van der Waals surface area contributed by atoms with Crippen LogP contribution in [0, 0.1) is 11.7 Å². The van der Waals surface area contributed by atoms with Crippen LogP contribution in [0.3, 0.4) is 0 Å². The number of nitrogens with one attached hydrogen (secondary N) is 1. The van der Waals surface area contributed by atoms with E-state index in [9.17, 15) is 9.18 Å². The average molecular weight is 406 g/mol. The van der Waals surface area contributed by atoms with E-state index in [0.29, 0.717) is 6.04 Å². The number of anilines is 1. The smallest absolute Gasteiger partial charge is 0.246 e. The Morgan fingerprint density at radius 1 is 1.14 bits per heavy atom. The van der Waals surface area contributed by atoms with Gasteiger partial charge < -0.3 is 15.0 Å². The number of amides is 1.